The number of rotatable bonds is 5. The minimum atomic E-state index is -0.113. The average Bonchev–Trinajstić information content (AvgIpc) is 3.44. The predicted octanol–water partition coefficient (Wildman–Crippen LogP) is 6.75. The van der Waals surface area contributed by atoms with Crippen molar-refractivity contribution in [2.45, 2.75) is 117 Å². The molecular weight excluding hydrogens is 380 g/mol. The van der Waals surface area contributed by atoms with E-state index in [1.807, 2.05) is 0 Å². The van der Waals surface area contributed by atoms with Crippen LogP contribution in [0.1, 0.15) is 105 Å². The van der Waals surface area contributed by atoms with Crippen LogP contribution in [0.15, 0.2) is 11.6 Å². The molecule has 2 unspecified atom stereocenters. The molecule has 9 atom stereocenters. The molecule has 2 N–H and O–H groups in total. The fourth-order valence-electron chi connectivity index (χ4n) is 9.86. The van der Waals surface area contributed by atoms with Crippen molar-refractivity contribution < 1.29 is 10.2 Å². The lowest BCUT2D eigenvalue weighted by atomic mass is 9.45. The Bertz CT molecular complexity index is 720. The lowest BCUT2D eigenvalue weighted by Crippen LogP contribution is -2.54. The van der Waals surface area contributed by atoms with Crippen LogP contribution < -0.4 is 0 Å². The van der Waals surface area contributed by atoms with E-state index >= 15 is 0 Å². The largest absolute Gasteiger partial charge is 0.393 e. The molecule has 0 radical (unpaired) electrons. The van der Waals surface area contributed by atoms with Crippen molar-refractivity contribution in [2.75, 3.05) is 0 Å². The highest BCUT2D eigenvalue weighted by molar-refractivity contribution is 5.37. The lowest BCUT2D eigenvalue weighted by Gasteiger charge is -2.60. The van der Waals surface area contributed by atoms with E-state index in [0.717, 1.165) is 37.5 Å². The summed E-state index contributed by atoms with van der Waals surface area (Å²) in [5.41, 5.74) is 2.35. The summed E-state index contributed by atoms with van der Waals surface area (Å²) in [6.07, 6.45) is 15.7. The third kappa shape index (κ3) is 3.24. The summed E-state index contributed by atoms with van der Waals surface area (Å²) in [6, 6.07) is 0. The summed E-state index contributed by atoms with van der Waals surface area (Å²) < 4.78 is 0. The molecule has 0 aromatic rings. The molecule has 1 spiro atoms. The Morgan fingerprint density at radius 1 is 1.00 bits per heavy atom. The first-order chi connectivity index (χ1) is 14.6. The zero-order valence-electron chi connectivity index (χ0n) is 20.9. The molecule has 5 aliphatic carbocycles. The van der Waals surface area contributed by atoms with Crippen LogP contribution in [0.2, 0.25) is 0 Å². The van der Waals surface area contributed by atoms with Crippen LogP contribution in [0.3, 0.4) is 0 Å². The molecule has 4 fully saturated rings. The molecule has 0 aromatic heterocycles. The first-order valence-corrected chi connectivity index (χ1v) is 13.7. The van der Waals surface area contributed by atoms with Gasteiger partial charge in [-0.3, -0.25) is 0 Å². The van der Waals surface area contributed by atoms with E-state index in [1.54, 1.807) is 5.57 Å². The van der Waals surface area contributed by atoms with E-state index < -0.39 is 0 Å². The van der Waals surface area contributed by atoms with Crippen molar-refractivity contribution >= 4 is 0 Å². The summed E-state index contributed by atoms with van der Waals surface area (Å²) in [7, 11) is 0. The fourth-order valence-corrected chi connectivity index (χ4v) is 9.86. The minimum absolute atomic E-state index is 0.106. The van der Waals surface area contributed by atoms with Gasteiger partial charge in [-0.05, 0) is 97.7 Å². The second kappa shape index (κ2) is 7.59. The summed E-state index contributed by atoms with van der Waals surface area (Å²) >= 11 is 0. The van der Waals surface area contributed by atoms with Crippen LogP contribution in [-0.2, 0) is 0 Å². The van der Waals surface area contributed by atoms with E-state index in [0.29, 0.717) is 29.1 Å². The zero-order valence-corrected chi connectivity index (χ0v) is 20.9. The molecule has 2 heteroatoms. The molecule has 0 aliphatic heterocycles. The Morgan fingerprint density at radius 3 is 2.42 bits per heavy atom. The Morgan fingerprint density at radius 2 is 1.74 bits per heavy atom. The molecule has 4 saturated carbocycles. The Balaban J connectivity index is 1.39. The van der Waals surface area contributed by atoms with Crippen LogP contribution in [0, 0.1) is 51.8 Å². The zero-order chi connectivity index (χ0) is 22.2. The van der Waals surface area contributed by atoms with Crippen molar-refractivity contribution in [2.24, 2.45) is 51.8 Å². The average molecular weight is 429 g/mol. The third-order valence-corrected chi connectivity index (χ3v) is 11.5. The fraction of sp³-hybridized carbons (Fsp3) is 0.931. The number of aliphatic hydroxyl groups excluding tert-OH is 2. The number of fused-ring (bicyclic) bond motifs is 6. The van der Waals surface area contributed by atoms with Gasteiger partial charge in [-0.1, -0.05) is 65.5 Å². The van der Waals surface area contributed by atoms with E-state index in [4.69, 9.17) is 0 Å². The topological polar surface area (TPSA) is 40.5 Å². The Labute approximate surface area is 191 Å². The summed E-state index contributed by atoms with van der Waals surface area (Å²) in [5, 5.41) is 22.2. The smallest absolute Gasteiger partial charge is 0.0634 e. The summed E-state index contributed by atoms with van der Waals surface area (Å²) in [5.74, 6) is 4.03. The van der Waals surface area contributed by atoms with Gasteiger partial charge in [0, 0.05) is 5.41 Å². The highest BCUT2D eigenvalue weighted by Crippen LogP contribution is 2.72. The summed E-state index contributed by atoms with van der Waals surface area (Å²) in [6.45, 7) is 12.3. The number of allylic oxidation sites excluding steroid dienone is 1. The summed E-state index contributed by atoms with van der Waals surface area (Å²) in [4.78, 5) is 0. The van der Waals surface area contributed by atoms with Gasteiger partial charge in [0.25, 0.3) is 0 Å². The molecule has 0 amide bonds. The third-order valence-electron chi connectivity index (χ3n) is 11.5. The van der Waals surface area contributed by atoms with Gasteiger partial charge in [-0.2, -0.15) is 0 Å². The molecule has 0 bridgehead atoms. The monoisotopic (exact) mass is 428 g/mol. The SMILES string of the molecule is CC(C)CCC[C@@H](C)[C@H]1CC(O)[C@H]2[C@@H]3CC=C4C5(CC5)C(O)CC[C@]4(C)[C@H]3CC[C@]12C. The molecule has 2 nitrogen and oxygen atoms in total. The van der Waals surface area contributed by atoms with Crippen LogP contribution in [0.4, 0.5) is 0 Å². The van der Waals surface area contributed by atoms with E-state index in [2.05, 4.69) is 40.7 Å². The van der Waals surface area contributed by atoms with Gasteiger partial charge in [-0.15, -0.1) is 0 Å². The molecular formula is C29H48O2. The second-order valence-corrected chi connectivity index (χ2v) is 13.5. The van der Waals surface area contributed by atoms with Gasteiger partial charge in [0.15, 0.2) is 0 Å². The maximum atomic E-state index is 11.4. The number of aliphatic hydroxyl groups is 2. The Hall–Kier alpha value is -0.340. The van der Waals surface area contributed by atoms with E-state index in [-0.39, 0.29) is 23.0 Å². The van der Waals surface area contributed by atoms with Gasteiger partial charge in [0.05, 0.1) is 12.2 Å². The van der Waals surface area contributed by atoms with Crippen LogP contribution in [0.25, 0.3) is 0 Å². The molecule has 0 aromatic carbocycles. The van der Waals surface area contributed by atoms with Crippen molar-refractivity contribution in [3.8, 4) is 0 Å². The van der Waals surface area contributed by atoms with Crippen molar-refractivity contribution in [1.82, 2.24) is 0 Å². The second-order valence-electron chi connectivity index (χ2n) is 13.5. The first kappa shape index (κ1) is 22.5. The van der Waals surface area contributed by atoms with Crippen molar-refractivity contribution in [1.29, 1.82) is 0 Å². The van der Waals surface area contributed by atoms with Crippen LogP contribution in [0.5, 0.6) is 0 Å². The normalized spacial score (nSPS) is 48.7. The van der Waals surface area contributed by atoms with E-state index in [9.17, 15) is 10.2 Å². The molecule has 31 heavy (non-hydrogen) atoms. The molecule has 0 saturated heterocycles. The predicted molar refractivity (Wildman–Crippen MR) is 127 cm³/mol. The maximum Gasteiger partial charge on any atom is 0.0634 e. The van der Waals surface area contributed by atoms with Gasteiger partial charge < -0.3 is 10.2 Å². The lowest BCUT2D eigenvalue weighted by molar-refractivity contribution is -0.0898. The number of hydrogen-bond acceptors (Lipinski definition) is 2. The van der Waals surface area contributed by atoms with Gasteiger partial charge in [0.1, 0.15) is 0 Å². The molecule has 5 aliphatic rings. The molecule has 5 rings (SSSR count). The number of hydrogen-bond donors (Lipinski definition) is 2. The Kier molecular flexibility index (Phi) is 5.50. The minimum Gasteiger partial charge on any atom is -0.393 e. The van der Waals surface area contributed by atoms with E-state index in [1.165, 1.54) is 44.9 Å². The standard InChI is InChI=1S/C29H48O2/c1-18(2)7-6-8-19(3)22-17-23(30)26-20-9-10-24-27(4,21(20)11-13-28(22,26)5)14-12-25(31)29(24)15-16-29/h10,18-23,25-26,30-31H,6-9,11-17H2,1-5H3/t19-,20-,21+,22-,23?,25?,26-,27-,28-/m1/s1. The van der Waals surface area contributed by atoms with Gasteiger partial charge in [0.2, 0.25) is 0 Å². The molecule has 176 valence electrons. The maximum absolute atomic E-state index is 11.4. The first-order valence-electron chi connectivity index (χ1n) is 13.7. The van der Waals surface area contributed by atoms with Crippen LogP contribution in [-0.4, -0.2) is 22.4 Å². The van der Waals surface area contributed by atoms with Gasteiger partial charge >= 0.3 is 0 Å². The van der Waals surface area contributed by atoms with Crippen LogP contribution >= 0.6 is 0 Å². The highest BCUT2D eigenvalue weighted by Gasteiger charge is 2.66. The highest BCUT2D eigenvalue weighted by atomic mass is 16.3. The molecule has 0 heterocycles. The van der Waals surface area contributed by atoms with Crippen molar-refractivity contribution in [3.05, 3.63) is 11.6 Å². The quantitative estimate of drug-likeness (QED) is 0.475. The van der Waals surface area contributed by atoms with Gasteiger partial charge in [-0.25, -0.2) is 0 Å². The van der Waals surface area contributed by atoms with Crippen molar-refractivity contribution in [3.63, 3.8) is 0 Å².